The second-order valence-corrected chi connectivity index (χ2v) is 4.58. The Labute approximate surface area is 104 Å². The molecule has 90 valence electrons. The zero-order valence-corrected chi connectivity index (χ0v) is 9.71. The lowest BCUT2D eigenvalue weighted by Gasteiger charge is -2.01. The van der Waals surface area contributed by atoms with Crippen LogP contribution >= 0.6 is 0 Å². The molecule has 1 aromatic heterocycles. The number of Topliss-reactive ketones (excluding diaryl/α,β-unsaturated/α-hetero) is 1. The Hall–Kier alpha value is -2.03. The van der Waals surface area contributed by atoms with Gasteiger partial charge in [0.2, 0.25) is 0 Å². The largest absolute Gasteiger partial charge is 0.294 e. The number of carbonyl (C=O) groups is 1. The van der Waals surface area contributed by atoms with Crippen LogP contribution < -0.4 is 0 Å². The van der Waals surface area contributed by atoms with E-state index in [1.54, 1.807) is 0 Å². The minimum absolute atomic E-state index is 0.0794. The molecule has 18 heavy (non-hydrogen) atoms. The van der Waals surface area contributed by atoms with Gasteiger partial charge in [0.05, 0.1) is 11.8 Å². The number of rotatable bonds is 3. The summed E-state index contributed by atoms with van der Waals surface area (Å²) in [5.41, 5.74) is 1.32. The van der Waals surface area contributed by atoms with Gasteiger partial charge in [0.1, 0.15) is 0 Å². The Morgan fingerprint density at radius 2 is 2.00 bits per heavy atom. The van der Waals surface area contributed by atoms with Crippen LogP contribution in [-0.4, -0.2) is 10.8 Å². The fourth-order valence-electron chi connectivity index (χ4n) is 2.33. The van der Waals surface area contributed by atoms with Gasteiger partial charge in [0.25, 0.3) is 0 Å². The van der Waals surface area contributed by atoms with Crippen molar-refractivity contribution in [1.29, 1.82) is 0 Å². The average molecular weight is 241 g/mol. The van der Waals surface area contributed by atoms with E-state index >= 15 is 0 Å². The van der Waals surface area contributed by atoms with Crippen molar-refractivity contribution < 1.29 is 9.18 Å². The third kappa shape index (κ3) is 1.92. The highest BCUT2D eigenvalue weighted by atomic mass is 19.1. The summed E-state index contributed by atoms with van der Waals surface area (Å²) in [5.74, 6) is -0.472. The van der Waals surface area contributed by atoms with E-state index in [2.05, 4.69) is 4.98 Å². The minimum atomic E-state index is -0.527. The number of carbonyl (C=O) groups excluding carboxylic acids is 1. The third-order valence-corrected chi connectivity index (χ3v) is 3.39. The van der Waals surface area contributed by atoms with Gasteiger partial charge in [0, 0.05) is 12.1 Å². The molecule has 0 radical (unpaired) electrons. The van der Waals surface area contributed by atoms with Gasteiger partial charge in [-0.3, -0.25) is 9.78 Å². The predicted octanol–water partition coefficient (Wildman–Crippen LogP) is 3.21. The molecule has 1 aliphatic rings. The maximum atomic E-state index is 13.5. The first kappa shape index (κ1) is 11.1. The summed E-state index contributed by atoms with van der Waals surface area (Å²) in [6, 6.07) is 11.4. The van der Waals surface area contributed by atoms with Crippen LogP contribution in [0.5, 0.6) is 0 Å². The fourth-order valence-corrected chi connectivity index (χ4v) is 2.33. The zero-order chi connectivity index (χ0) is 12.5. The fraction of sp³-hybridized carbons (Fsp3) is 0.200. The van der Waals surface area contributed by atoms with Crippen molar-refractivity contribution >= 4 is 5.78 Å². The SMILES string of the molecule is O=C(c1ccncc1F)C1CC1c1ccccc1. The molecule has 0 amide bonds. The lowest BCUT2D eigenvalue weighted by Crippen LogP contribution is -2.06. The molecule has 2 atom stereocenters. The molecule has 2 aromatic rings. The molecule has 2 unspecified atom stereocenters. The van der Waals surface area contributed by atoms with Crippen molar-refractivity contribution in [3.8, 4) is 0 Å². The first-order chi connectivity index (χ1) is 8.77. The molecule has 0 saturated heterocycles. The van der Waals surface area contributed by atoms with Crippen molar-refractivity contribution in [3.63, 3.8) is 0 Å². The molecular formula is C15H12FNO. The second-order valence-electron chi connectivity index (χ2n) is 4.58. The van der Waals surface area contributed by atoms with Gasteiger partial charge in [0.15, 0.2) is 11.6 Å². The van der Waals surface area contributed by atoms with Gasteiger partial charge < -0.3 is 0 Å². The van der Waals surface area contributed by atoms with E-state index in [1.807, 2.05) is 30.3 Å². The molecule has 0 aliphatic heterocycles. The second kappa shape index (κ2) is 4.33. The number of benzene rings is 1. The molecular weight excluding hydrogens is 229 g/mol. The molecule has 1 fully saturated rings. The summed E-state index contributed by atoms with van der Waals surface area (Å²) in [4.78, 5) is 15.8. The van der Waals surface area contributed by atoms with Crippen LogP contribution in [0.15, 0.2) is 48.8 Å². The van der Waals surface area contributed by atoms with E-state index < -0.39 is 5.82 Å². The van der Waals surface area contributed by atoms with Gasteiger partial charge in [-0.1, -0.05) is 30.3 Å². The van der Waals surface area contributed by atoms with Gasteiger partial charge in [-0.25, -0.2) is 4.39 Å². The Kier molecular flexibility index (Phi) is 2.67. The van der Waals surface area contributed by atoms with Crippen LogP contribution in [0.3, 0.4) is 0 Å². The molecule has 0 bridgehead atoms. The minimum Gasteiger partial charge on any atom is -0.294 e. The Bertz CT molecular complexity index is 582. The smallest absolute Gasteiger partial charge is 0.169 e. The number of halogens is 1. The summed E-state index contributed by atoms with van der Waals surface area (Å²) < 4.78 is 13.5. The quantitative estimate of drug-likeness (QED) is 0.772. The lowest BCUT2D eigenvalue weighted by molar-refractivity contribution is 0.0961. The third-order valence-electron chi connectivity index (χ3n) is 3.39. The topological polar surface area (TPSA) is 30.0 Å². The maximum Gasteiger partial charge on any atom is 0.169 e. The Balaban J connectivity index is 1.80. The van der Waals surface area contributed by atoms with E-state index in [9.17, 15) is 9.18 Å². The monoisotopic (exact) mass is 241 g/mol. The van der Waals surface area contributed by atoms with Crippen LogP contribution in [0.1, 0.15) is 28.3 Å². The summed E-state index contributed by atoms with van der Waals surface area (Å²) in [6.45, 7) is 0. The first-order valence-corrected chi connectivity index (χ1v) is 5.96. The van der Waals surface area contributed by atoms with Crippen molar-refractivity contribution in [2.24, 2.45) is 5.92 Å². The molecule has 1 aromatic carbocycles. The standard InChI is InChI=1S/C15H12FNO/c16-14-9-17-7-6-11(14)15(18)13-8-12(13)10-4-2-1-3-5-10/h1-7,9,12-13H,8H2. The average Bonchev–Trinajstić information content (AvgIpc) is 3.20. The summed E-state index contributed by atoms with van der Waals surface area (Å²) in [7, 11) is 0. The Morgan fingerprint density at radius 1 is 1.22 bits per heavy atom. The zero-order valence-electron chi connectivity index (χ0n) is 9.71. The molecule has 3 rings (SSSR count). The highest BCUT2D eigenvalue weighted by Crippen LogP contribution is 2.49. The Morgan fingerprint density at radius 3 is 2.72 bits per heavy atom. The van der Waals surface area contributed by atoms with Crippen molar-refractivity contribution in [2.75, 3.05) is 0 Å². The van der Waals surface area contributed by atoms with Crippen LogP contribution in [0, 0.1) is 11.7 Å². The van der Waals surface area contributed by atoms with Crippen LogP contribution in [0.2, 0.25) is 0 Å². The van der Waals surface area contributed by atoms with Crippen molar-refractivity contribution in [2.45, 2.75) is 12.3 Å². The summed E-state index contributed by atoms with van der Waals surface area (Å²) >= 11 is 0. The molecule has 0 N–H and O–H groups in total. The van der Waals surface area contributed by atoms with E-state index in [4.69, 9.17) is 0 Å². The van der Waals surface area contributed by atoms with E-state index in [0.717, 1.165) is 18.2 Å². The van der Waals surface area contributed by atoms with E-state index in [0.29, 0.717) is 0 Å². The summed E-state index contributed by atoms with van der Waals surface area (Å²) in [5, 5.41) is 0. The number of ketones is 1. The molecule has 1 saturated carbocycles. The van der Waals surface area contributed by atoms with E-state index in [-0.39, 0.29) is 23.2 Å². The molecule has 1 heterocycles. The number of pyridine rings is 1. The highest BCUT2D eigenvalue weighted by molar-refractivity contribution is 6.00. The maximum absolute atomic E-state index is 13.5. The van der Waals surface area contributed by atoms with Gasteiger partial charge in [-0.05, 0) is 24.0 Å². The molecule has 2 nitrogen and oxygen atoms in total. The van der Waals surface area contributed by atoms with Crippen molar-refractivity contribution in [3.05, 3.63) is 65.7 Å². The number of hydrogen-bond acceptors (Lipinski definition) is 2. The number of nitrogens with zero attached hydrogens (tertiary/aromatic N) is 1. The highest BCUT2D eigenvalue weighted by Gasteiger charge is 2.44. The van der Waals surface area contributed by atoms with E-state index in [1.165, 1.54) is 12.3 Å². The molecule has 3 heteroatoms. The lowest BCUT2D eigenvalue weighted by atomic mass is 10.0. The predicted molar refractivity (Wildman–Crippen MR) is 65.8 cm³/mol. The van der Waals surface area contributed by atoms with Crippen LogP contribution in [-0.2, 0) is 0 Å². The van der Waals surface area contributed by atoms with Crippen LogP contribution in [0.4, 0.5) is 4.39 Å². The number of hydrogen-bond donors (Lipinski definition) is 0. The van der Waals surface area contributed by atoms with Gasteiger partial charge in [-0.15, -0.1) is 0 Å². The van der Waals surface area contributed by atoms with Crippen molar-refractivity contribution in [1.82, 2.24) is 4.98 Å². The normalized spacial score (nSPS) is 21.6. The van der Waals surface area contributed by atoms with Crippen LogP contribution in [0.25, 0.3) is 0 Å². The molecule has 0 spiro atoms. The first-order valence-electron chi connectivity index (χ1n) is 5.96. The van der Waals surface area contributed by atoms with Gasteiger partial charge in [-0.2, -0.15) is 0 Å². The summed E-state index contributed by atoms with van der Waals surface area (Å²) in [6.07, 6.45) is 3.36. The van der Waals surface area contributed by atoms with Gasteiger partial charge >= 0.3 is 0 Å². The number of aromatic nitrogens is 1. The molecule has 1 aliphatic carbocycles.